The summed E-state index contributed by atoms with van der Waals surface area (Å²) in [7, 11) is 1.35. The molecule has 1 aliphatic rings. The van der Waals surface area contributed by atoms with Crippen LogP contribution in [0.5, 0.6) is 5.75 Å². The van der Waals surface area contributed by atoms with Gasteiger partial charge in [-0.15, -0.1) is 12.4 Å². The van der Waals surface area contributed by atoms with Crippen LogP contribution in [0, 0.1) is 17.6 Å². The van der Waals surface area contributed by atoms with Crippen LogP contribution >= 0.6 is 12.4 Å². The van der Waals surface area contributed by atoms with Crippen LogP contribution in [0.2, 0.25) is 0 Å². The fourth-order valence-electron chi connectivity index (χ4n) is 1.88. The number of benzene rings is 1. The van der Waals surface area contributed by atoms with Gasteiger partial charge in [-0.05, 0) is 24.5 Å². The van der Waals surface area contributed by atoms with Gasteiger partial charge in [0.15, 0.2) is 11.6 Å². The minimum absolute atomic E-state index is 0. The molecule has 1 saturated carbocycles. The van der Waals surface area contributed by atoms with E-state index in [1.165, 1.54) is 19.2 Å². The van der Waals surface area contributed by atoms with Gasteiger partial charge < -0.3 is 10.5 Å². The maximum absolute atomic E-state index is 13.8. The van der Waals surface area contributed by atoms with Gasteiger partial charge in [-0.2, -0.15) is 0 Å². The molecule has 0 spiro atoms. The number of hydrogen-bond donors (Lipinski definition) is 1. The second kappa shape index (κ2) is 5.65. The molecule has 0 amide bonds. The number of methoxy groups -OCH3 is 1. The summed E-state index contributed by atoms with van der Waals surface area (Å²) in [6.07, 6.45) is 2.86. The van der Waals surface area contributed by atoms with Crippen LogP contribution in [-0.2, 0) is 0 Å². The van der Waals surface area contributed by atoms with Crippen LogP contribution < -0.4 is 10.5 Å². The van der Waals surface area contributed by atoms with Crippen molar-refractivity contribution in [2.75, 3.05) is 7.11 Å². The second-order valence-electron chi connectivity index (χ2n) is 4.26. The monoisotopic (exact) mass is 263 g/mol. The largest absolute Gasteiger partial charge is 0.494 e. The predicted octanol–water partition coefficient (Wildman–Crippen LogP) is 3.20. The van der Waals surface area contributed by atoms with Crippen molar-refractivity contribution in [2.45, 2.75) is 25.3 Å². The van der Waals surface area contributed by atoms with Crippen molar-refractivity contribution in [3.63, 3.8) is 0 Å². The summed E-state index contributed by atoms with van der Waals surface area (Å²) in [6, 6.07) is 1.89. The van der Waals surface area contributed by atoms with E-state index in [2.05, 4.69) is 0 Å². The molecule has 1 atom stereocenters. The molecule has 5 heteroatoms. The molecule has 2 nitrogen and oxygen atoms in total. The zero-order valence-electron chi connectivity index (χ0n) is 9.58. The van der Waals surface area contributed by atoms with E-state index in [1.54, 1.807) is 0 Å². The van der Waals surface area contributed by atoms with Crippen LogP contribution in [-0.4, -0.2) is 7.11 Å². The van der Waals surface area contributed by atoms with E-state index in [0.29, 0.717) is 12.3 Å². The average Bonchev–Trinajstić information content (AvgIpc) is 3.02. The first kappa shape index (κ1) is 14.2. The molecule has 0 aliphatic heterocycles. The average molecular weight is 264 g/mol. The third-order valence-corrected chi connectivity index (χ3v) is 2.97. The molecule has 1 aliphatic carbocycles. The van der Waals surface area contributed by atoms with E-state index in [-0.39, 0.29) is 23.7 Å². The molecular weight excluding hydrogens is 248 g/mol. The third-order valence-electron chi connectivity index (χ3n) is 2.97. The number of nitrogens with two attached hydrogens (primary N) is 1. The van der Waals surface area contributed by atoms with Crippen molar-refractivity contribution < 1.29 is 13.5 Å². The molecule has 1 aromatic carbocycles. The second-order valence-corrected chi connectivity index (χ2v) is 4.26. The van der Waals surface area contributed by atoms with Gasteiger partial charge in [0, 0.05) is 11.6 Å². The first-order valence-corrected chi connectivity index (χ1v) is 5.41. The maximum atomic E-state index is 13.8. The van der Waals surface area contributed by atoms with Crippen LogP contribution in [0.3, 0.4) is 0 Å². The van der Waals surface area contributed by atoms with Gasteiger partial charge >= 0.3 is 0 Å². The van der Waals surface area contributed by atoms with Crippen LogP contribution in [0.15, 0.2) is 12.1 Å². The summed E-state index contributed by atoms with van der Waals surface area (Å²) in [6.45, 7) is 0. The van der Waals surface area contributed by atoms with E-state index < -0.39 is 17.7 Å². The third kappa shape index (κ3) is 3.07. The number of ether oxygens (including phenoxy) is 1. The van der Waals surface area contributed by atoms with Crippen molar-refractivity contribution in [1.29, 1.82) is 0 Å². The van der Waals surface area contributed by atoms with E-state index in [9.17, 15) is 8.78 Å². The molecule has 2 N–H and O–H groups in total. The molecule has 96 valence electrons. The predicted molar refractivity (Wildman–Crippen MR) is 64.4 cm³/mol. The Labute approximate surface area is 106 Å². The first-order valence-electron chi connectivity index (χ1n) is 5.41. The quantitative estimate of drug-likeness (QED) is 0.905. The Morgan fingerprint density at radius 3 is 2.59 bits per heavy atom. The number of halogens is 3. The molecule has 2 rings (SSSR count). The highest BCUT2D eigenvalue weighted by Gasteiger charge is 2.28. The highest BCUT2D eigenvalue weighted by Crippen LogP contribution is 2.38. The van der Waals surface area contributed by atoms with Gasteiger partial charge in [-0.3, -0.25) is 0 Å². The highest BCUT2D eigenvalue weighted by molar-refractivity contribution is 5.85. The minimum atomic E-state index is -0.671. The summed E-state index contributed by atoms with van der Waals surface area (Å²) in [5.41, 5.74) is 5.78. The van der Waals surface area contributed by atoms with Crippen molar-refractivity contribution in [3.05, 3.63) is 29.3 Å². The molecule has 0 bridgehead atoms. The van der Waals surface area contributed by atoms with Crippen molar-refractivity contribution in [3.8, 4) is 5.75 Å². The van der Waals surface area contributed by atoms with Crippen molar-refractivity contribution in [1.82, 2.24) is 0 Å². The van der Waals surface area contributed by atoms with Gasteiger partial charge in [0.1, 0.15) is 5.82 Å². The maximum Gasteiger partial charge on any atom is 0.172 e. The zero-order valence-corrected chi connectivity index (χ0v) is 10.4. The minimum Gasteiger partial charge on any atom is -0.494 e. The Kier molecular flexibility index (Phi) is 4.71. The molecule has 0 saturated heterocycles. The summed E-state index contributed by atoms with van der Waals surface area (Å²) in [5.74, 6) is -0.690. The lowest BCUT2D eigenvalue weighted by Gasteiger charge is -2.15. The lowest BCUT2D eigenvalue weighted by molar-refractivity contribution is 0.376. The summed E-state index contributed by atoms with van der Waals surface area (Å²) in [5, 5.41) is 0. The molecule has 0 aromatic heterocycles. The number of hydrogen-bond acceptors (Lipinski definition) is 2. The summed E-state index contributed by atoms with van der Waals surface area (Å²) in [4.78, 5) is 0. The summed E-state index contributed by atoms with van der Waals surface area (Å²) < 4.78 is 32.1. The molecule has 1 fully saturated rings. The van der Waals surface area contributed by atoms with Crippen LogP contribution in [0.4, 0.5) is 8.78 Å². The fourth-order valence-corrected chi connectivity index (χ4v) is 1.88. The van der Waals surface area contributed by atoms with E-state index >= 15 is 0 Å². The summed E-state index contributed by atoms with van der Waals surface area (Å²) >= 11 is 0. The SMILES string of the molecule is COc1ccc(F)c([C@H](N)CC2CC2)c1F.Cl. The van der Waals surface area contributed by atoms with Gasteiger partial charge in [-0.25, -0.2) is 8.78 Å². The van der Waals surface area contributed by atoms with E-state index in [4.69, 9.17) is 10.5 Å². The molecule has 0 heterocycles. The van der Waals surface area contributed by atoms with Crippen molar-refractivity contribution >= 4 is 12.4 Å². The Morgan fingerprint density at radius 2 is 2.06 bits per heavy atom. The number of rotatable bonds is 4. The van der Waals surface area contributed by atoms with Gasteiger partial charge in [0.2, 0.25) is 0 Å². The Bertz CT molecular complexity index is 396. The topological polar surface area (TPSA) is 35.2 Å². The Balaban J connectivity index is 0.00000144. The van der Waals surface area contributed by atoms with Crippen molar-refractivity contribution in [2.24, 2.45) is 11.7 Å². The molecule has 0 radical (unpaired) electrons. The van der Waals surface area contributed by atoms with Crippen LogP contribution in [0.1, 0.15) is 30.9 Å². The first-order chi connectivity index (χ1) is 7.63. The highest BCUT2D eigenvalue weighted by atomic mass is 35.5. The molecular formula is C12H16ClF2NO. The van der Waals surface area contributed by atoms with Gasteiger partial charge in [-0.1, -0.05) is 12.8 Å². The van der Waals surface area contributed by atoms with Crippen LogP contribution in [0.25, 0.3) is 0 Å². The Hall–Kier alpha value is -0.870. The smallest absolute Gasteiger partial charge is 0.172 e. The fraction of sp³-hybridized carbons (Fsp3) is 0.500. The van der Waals surface area contributed by atoms with E-state index in [0.717, 1.165) is 12.8 Å². The normalized spacial score (nSPS) is 16.2. The lowest BCUT2D eigenvalue weighted by atomic mass is 10.0. The zero-order chi connectivity index (χ0) is 11.7. The van der Waals surface area contributed by atoms with Gasteiger partial charge in [0.25, 0.3) is 0 Å². The Morgan fingerprint density at radius 1 is 1.41 bits per heavy atom. The molecule has 0 unspecified atom stereocenters. The standard InChI is InChI=1S/C12H15F2NO.ClH/c1-16-10-5-4-8(13)11(12(10)14)9(15)6-7-2-3-7;/h4-5,7,9H,2-3,6,15H2,1H3;1H/t9-;/m1./s1. The lowest BCUT2D eigenvalue weighted by Crippen LogP contribution is -2.15. The van der Waals surface area contributed by atoms with E-state index in [1.807, 2.05) is 0 Å². The molecule has 17 heavy (non-hydrogen) atoms. The van der Waals surface area contributed by atoms with Gasteiger partial charge in [0.05, 0.1) is 7.11 Å². The molecule has 1 aromatic rings.